The lowest BCUT2D eigenvalue weighted by molar-refractivity contribution is -0.130. The van der Waals surface area contributed by atoms with Gasteiger partial charge in [-0.15, -0.1) is 0 Å². The van der Waals surface area contributed by atoms with Crippen LogP contribution in [-0.2, 0) is 17.9 Å². The molecule has 2 N–H and O–H groups in total. The number of phenols is 2. The van der Waals surface area contributed by atoms with Crippen molar-refractivity contribution < 1.29 is 15.0 Å². The molecular formula is C16H17NO3. The zero-order valence-electron chi connectivity index (χ0n) is 11.3. The van der Waals surface area contributed by atoms with Crippen molar-refractivity contribution in [2.75, 3.05) is 0 Å². The highest BCUT2D eigenvalue weighted by Crippen LogP contribution is 2.15. The predicted molar refractivity (Wildman–Crippen MR) is 76.1 cm³/mol. The molecule has 0 saturated carbocycles. The average Bonchev–Trinajstić information content (AvgIpc) is 2.42. The summed E-state index contributed by atoms with van der Waals surface area (Å²) in [5.74, 6) is 0.398. The maximum Gasteiger partial charge on any atom is 0.220 e. The zero-order valence-corrected chi connectivity index (χ0v) is 11.3. The average molecular weight is 271 g/mol. The van der Waals surface area contributed by atoms with Crippen LogP contribution in [0.4, 0.5) is 0 Å². The predicted octanol–water partition coefficient (Wildman–Crippen LogP) is 2.65. The van der Waals surface area contributed by atoms with Gasteiger partial charge in [0.2, 0.25) is 5.91 Å². The smallest absolute Gasteiger partial charge is 0.220 e. The molecule has 104 valence electrons. The lowest BCUT2D eigenvalue weighted by Crippen LogP contribution is -2.27. The van der Waals surface area contributed by atoms with Crippen molar-refractivity contribution in [3.05, 3.63) is 59.7 Å². The van der Waals surface area contributed by atoms with E-state index in [1.807, 2.05) is 0 Å². The standard InChI is InChI=1S/C16H17NO3/c1-12(18)17(10-13-2-6-15(19)7-3-13)11-14-4-8-16(20)9-5-14/h2-9,19-20H,10-11H2,1H3. The normalized spacial score (nSPS) is 10.2. The molecule has 0 aromatic heterocycles. The van der Waals surface area contributed by atoms with Crippen LogP contribution in [0.15, 0.2) is 48.5 Å². The molecule has 0 aliphatic rings. The number of hydrogen-bond donors (Lipinski definition) is 2. The van der Waals surface area contributed by atoms with E-state index in [4.69, 9.17) is 0 Å². The van der Waals surface area contributed by atoms with Crippen molar-refractivity contribution in [3.63, 3.8) is 0 Å². The molecule has 0 radical (unpaired) electrons. The molecule has 0 aliphatic heterocycles. The van der Waals surface area contributed by atoms with Gasteiger partial charge in [-0.2, -0.15) is 0 Å². The first-order valence-corrected chi connectivity index (χ1v) is 6.36. The summed E-state index contributed by atoms with van der Waals surface area (Å²) in [5.41, 5.74) is 1.91. The number of benzene rings is 2. The van der Waals surface area contributed by atoms with Crippen LogP contribution >= 0.6 is 0 Å². The second-order valence-corrected chi connectivity index (χ2v) is 4.71. The molecule has 4 nitrogen and oxygen atoms in total. The number of nitrogens with zero attached hydrogens (tertiary/aromatic N) is 1. The Labute approximate surface area is 117 Å². The van der Waals surface area contributed by atoms with E-state index in [0.717, 1.165) is 11.1 Å². The van der Waals surface area contributed by atoms with Gasteiger partial charge in [0.1, 0.15) is 11.5 Å². The molecule has 2 rings (SSSR count). The number of aromatic hydroxyl groups is 2. The highest BCUT2D eigenvalue weighted by atomic mass is 16.3. The minimum atomic E-state index is -0.0221. The third kappa shape index (κ3) is 3.75. The van der Waals surface area contributed by atoms with E-state index in [-0.39, 0.29) is 17.4 Å². The van der Waals surface area contributed by atoms with Crippen LogP contribution in [-0.4, -0.2) is 21.0 Å². The third-order valence-corrected chi connectivity index (χ3v) is 3.06. The van der Waals surface area contributed by atoms with Gasteiger partial charge < -0.3 is 15.1 Å². The van der Waals surface area contributed by atoms with Gasteiger partial charge in [-0.3, -0.25) is 4.79 Å². The molecule has 0 spiro atoms. The topological polar surface area (TPSA) is 60.8 Å². The SMILES string of the molecule is CC(=O)N(Cc1ccc(O)cc1)Cc1ccc(O)cc1. The molecule has 2 aromatic carbocycles. The highest BCUT2D eigenvalue weighted by molar-refractivity contribution is 5.73. The lowest BCUT2D eigenvalue weighted by Gasteiger charge is -2.21. The fraction of sp³-hybridized carbons (Fsp3) is 0.188. The summed E-state index contributed by atoms with van der Waals surface area (Å²) in [4.78, 5) is 13.4. The molecule has 4 heteroatoms. The van der Waals surface area contributed by atoms with Gasteiger partial charge in [-0.25, -0.2) is 0 Å². The molecule has 1 amide bonds. The number of amides is 1. The summed E-state index contributed by atoms with van der Waals surface area (Å²) in [6, 6.07) is 13.6. The summed E-state index contributed by atoms with van der Waals surface area (Å²) in [6.45, 7) is 2.49. The van der Waals surface area contributed by atoms with E-state index < -0.39 is 0 Å². The first-order valence-electron chi connectivity index (χ1n) is 6.36. The first kappa shape index (κ1) is 13.9. The number of hydrogen-bond acceptors (Lipinski definition) is 3. The molecule has 0 atom stereocenters. The minimum Gasteiger partial charge on any atom is -0.508 e. The third-order valence-electron chi connectivity index (χ3n) is 3.06. The Morgan fingerprint density at radius 2 is 1.20 bits per heavy atom. The quantitative estimate of drug-likeness (QED) is 0.898. The summed E-state index contributed by atoms with van der Waals surface area (Å²) >= 11 is 0. The zero-order chi connectivity index (χ0) is 14.5. The van der Waals surface area contributed by atoms with Crippen molar-refractivity contribution >= 4 is 5.91 Å². The molecule has 0 aliphatic carbocycles. The maximum absolute atomic E-state index is 11.7. The van der Waals surface area contributed by atoms with E-state index in [1.54, 1.807) is 53.4 Å². The van der Waals surface area contributed by atoms with Crippen molar-refractivity contribution in [2.45, 2.75) is 20.0 Å². The summed E-state index contributed by atoms with van der Waals surface area (Å²) in [5, 5.41) is 18.5. The van der Waals surface area contributed by atoms with Gasteiger partial charge in [0.05, 0.1) is 0 Å². The van der Waals surface area contributed by atoms with E-state index in [2.05, 4.69) is 0 Å². The Bertz CT molecular complexity index is 528. The van der Waals surface area contributed by atoms with Gasteiger partial charge in [-0.05, 0) is 35.4 Å². The maximum atomic E-state index is 11.7. The molecule has 0 saturated heterocycles. The van der Waals surface area contributed by atoms with E-state index >= 15 is 0 Å². The monoisotopic (exact) mass is 271 g/mol. The van der Waals surface area contributed by atoms with Gasteiger partial charge in [0.25, 0.3) is 0 Å². The van der Waals surface area contributed by atoms with Gasteiger partial charge in [0, 0.05) is 20.0 Å². The largest absolute Gasteiger partial charge is 0.508 e. The van der Waals surface area contributed by atoms with Gasteiger partial charge in [-0.1, -0.05) is 24.3 Å². The second kappa shape index (κ2) is 6.10. The van der Waals surface area contributed by atoms with Gasteiger partial charge in [0.15, 0.2) is 0 Å². The van der Waals surface area contributed by atoms with E-state index in [9.17, 15) is 15.0 Å². The fourth-order valence-corrected chi connectivity index (χ4v) is 1.92. The molecule has 0 heterocycles. The Morgan fingerprint density at radius 1 is 0.850 bits per heavy atom. The fourth-order valence-electron chi connectivity index (χ4n) is 1.92. The van der Waals surface area contributed by atoms with E-state index in [1.165, 1.54) is 6.92 Å². The Morgan fingerprint density at radius 3 is 1.50 bits per heavy atom. The first-order chi connectivity index (χ1) is 9.54. The Hall–Kier alpha value is -2.49. The number of phenolic OH excluding ortho intramolecular Hbond substituents is 2. The van der Waals surface area contributed by atoms with Crippen molar-refractivity contribution in [2.24, 2.45) is 0 Å². The second-order valence-electron chi connectivity index (χ2n) is 4.71. The molecule has 2 aromatic rings. The molecule has 0 bridgehead atoms. The molecule has 0 fully saturated rings. The Kier molecular flexibility index (Phi) is 4.25. The highest BCUT2D eigenvalue weighted by Gasteiger charge is 2.10. The van der Waals surface area contributed by atoms with Crippen LogP contribution in [0.3, 0.4) is 0 Å². The van der Waals surface area contributed by atoms with Crippen LogP contribution in [0.25, 0.3) is 0 Å². The summed E-state index contributed by atoms with van der Waals surface area (Å²) in [6.07, 6.45) is 0. The lowest BCUT2D eigenvalue weighted by atomic mass is 10.1. The number of carbonyl (C=O) groups excluding carboxylic acids is 1. The van der Waals surface area contributed by atoms with Crippen LogP contribution < -0.4 is 0 Å². The molecular weight excluding hydrogens is 254 g/mol. The number of carbonyl (C=O) groups is 1. The van der Waals surface area contributed by atoms with Crippen LogP contribution in [0.1, 0.15) is 18.1 Å². The van der Waals surface area contributed by atoms with Crippen molar-refractivity contribution in [1.29, 1.82) is 0 Å². The minimum absolute atomic E-state index is 0.0221. The summed E-state index contributed by atoms with van der Waals surface area (Å²) in [7, 11) is 0. The Balaban J connectivity index is 2.09. The van der Waals surface area contributed by atoms with Crippen molar-refractivity contribution in [1.82, 2.24) is 4.90 Å². The number of rotatable bonds is 4. The van der Waals surface area contributed by atoms with Crippen LogP contribution in [0.2, 0.25) is 0 Å². The van der Waals surface area contributed by atoms with Crippen molar-refractivity contribution in [3.8, 4) is 11.5 Å². The molecule has 20 heavy (non-hydrogen) atoms. The van der Waals surface area contributed by atoms with Crippen LogP contribution in [0, 0.1) is 0 Å². The van der Waals surface area contributed by atoms with E-state index in [0.29, 0.717) is 13.1 Å². The molecule has 0 unspecified atom stereocenters. The summed E-state index contributed by atoms with van der Waals surface area (Å²) < 4.78 is 0. The van der Waals surface area contributed by atoms with Crippen LogP contribution in [0.5, 0.6) is 11.5 Å². The van der Waals surface area contributed by atoms with Gasteiger partial charge >= 0.3 is 0 Å².